The topological polar surface area (TPSA) is 51.4 Å². The Morgan fingerprint density at radius 1 is 0.767 bits per heavy atom. The monoisotopic (exact) mass is 434 g/mol. The fourth-order valence-corrected chi connectivity index (χ4v) is 5.60. The van der Waals surface area contributed by atoms with E-state index >= 15 is 0 Å². The molecule has 4 rings (SSSR count). The zero-order chi connectivity index (χ0) is 21.3. The molecule has 0 radical (unpaired) electrons. The lowest BCUT2D eigenvalue weighted by molar-refractivity contribution is 0.596. The molecule has 0 amide bonds. The van der Waals surface area contributed by atoms with Crippen LogP contribution in [0.25, 0.3) is 21.7 Å². The summed E-state index contributed by atoms with van der Waals surface area (Å²) in [4.78, 5) is 1.62. The third-order valence-corrected chi connectivity index (χ3v) is 7.49. The number of hydrogen-bond donors (Lipinski definition) is 0. The van der Waals surface area contributed by atoms with E-state index < -0.39 is 10.0 Å². The summed E-state index contributed by atoms with van der Waals surface area (Å²) < 4.78 is 31.9. The molecule has 0 unspecified atom stereocenters. The van der Waals surface area contributed by atoms with Gasteiger partial charge in [-0.1, -0.05) is 89.2 Å². The third kappa shape index (κ3) is 4.01. The van der Waals surface area contributed by atoms with Crippen LogP contribution in [0.5, 0.6) is 0 Å². The predicted octanol–water partition coefficient (Wildman–Crippen LogP) is 5.33. The molecule has 0 saturated heterocycles. The van der Waals surface area contributed by atoms with Crippen LogP contribution in [0.15, 0.2) is 88.2 Å². The van der Waals surface area contributed by atoms with Crippen LogP contribution < -0.4 is 4.80 Å². The van der Waals surface area contributed by atoms with Gasteiger partial charge in [-0.2, -0.15) is 8.42 Å². The number of aryl methyl sites for hydroxylation is 2. The van der Waals surface area contributed by atoms with E-state index in [-0.39, 0.29) is 4.90 Å². The lowest BCUT2D eigenvalue weighted by Crippen LogP contribution is -2.14. The number of sulfonamides is 1. The molecule has 1 aromatic heterocycles. The Bertz CT molecular complexity index is 1350. The van der Waals surface area contributed by atoms with E-state index in [1.54, 1.807) is 24.3 Å². The van der Waals surface area contributed by atoms with Crippen molar-refractivity contribution in [2.24, 2.45) is 11.4 Å². The molecule has 4 nitrogen and oxygen atoms in total. The van der Waals surface area contributed by atoms with Gasteiger partial charge in [0.05, 0.1) is 15.5 Å². The molecule has 0 spiro atoms. The summed E-state index contributed by atoms with van der Waals surface area (Å²) in [6.45, 7) is 3.97. The van der Waals surface area contributed by atoms with Crippen LogP contribution in [0.4, 0.5) is 0 Å². The molecule has 0 N–H and O–H groups in total. The smallest absolute Gasteiger partial charge is 0.285 e. The summed E-state index contributed by atoms with van der Waals surface area (Å²) in [6, 6.07) is 25.0. The summed E-state index contributed by atoms with van der Waals surface area (Å²) in [5.41, 5.74) is 5.17. The first-order chi connectivity index (χ1) is 14.3. The second-order valence-electron chi connectivity index (χ2n) is 7.23. The van der Waals surface area contributed by atoms with Gasteiger partial charge in [0, 0.05) is 7.05 Å². The molecule has 6 heteroatoms. The van der Waals surface area contributed by atoms with Crippen molar-refractivity contribution < 1.29 is 8.42 Å². The van der Waals surface area contributed by atoms with E-state index in [0.29, 0.717) is 4.80 Å². The number of rotatable bonds is 4. The lowest BCUT2D eigenvalue weighted by atomic mass is 10.1. The minimum Gasteiger partial charge on any atom is -0.318 e. The number of benzene rings is 3. The second-order valence-corrected chi connectivity index (χ2v) is 9.81. The Balaban J connectivity index is 1.95. The summed E-state index contributed by atoms with van der Waals surface area (Å²) in [5, 5.41) is 0. The molecule has 152 valence electrons. The molecule has 0 fully saturated rings. The van der Waals surface area contributed by atoms with Crippen LogP contribution in [0.2, 0.25) is 0 Å². The highest BCUT2D eigenvalue weighted by Gasteiger charge is 2.18. The molecule has 4 aromatic rings. The minimum absolute atomic E-state index is 0.194. The number of aromatic nitrogens is 1. The molecular formula is C24H22N2O2S2. The van der Waals surface area contributed by atoms with Crippen LogP contribution >= 0.6 is 11.3 Å². The number of hydrogen-bond acceptors (Lipinski definition) is 3. The number of thiazole rings is 1. The summed E-state index contributed by atoms with van der Waals surface area (Å²) in [6.07, 6.45) is 0. The Labute approximate surface area is 180 Å². The number of nitrogens with zero attached hydrogens (tertiary/aromatic N) is 2. The lowest BCUT2D eigenvalue weighted by Gasteiger charge is -2.08. The average molecular weight is 435 g/mol. The minimum atomic E-state index is -3.81. The zero-order valence-corrected chi connectivity index (χ0v) is 18.7. The van der Waals surface area contributed by atoms with Crippen molar-refractivity contribution >= 4 is 21.4 Å². The van der Waals surface area contributed by atoms with Gasteiger partial charge in [0.15, 0.2) is 0 Å². The molecule has 0 aliphatic carbocycles. The molecular weight excluding hydrogens is 412 g/mol. The van der Waals surface area contributed by atoms with Gasteiger partial charge in [-0.3, -0.25) is 0 Å². The van der Waals surface area contributed by atoms with Crippen molar-refractivity contribution in [1.29, 1.82) is 0 Å². The Hall–Kier alpha value is -2.96. The van der Waals surface area contributed by atoms with E-state index in [1.165, 1.54) is 16.9 Å². The third-order valence-electron chi connectivity index (χ3n) is 4.91. The van der Waals surface area contributed by atoms with Gasteiger partial charge in [-0.05, 0) is 37.1 Å². The van der Waals surface area contributed by atoms with Gasteiger partial charge in [0.1, 0.15) is 0 Å². The fraction of sp³-hybridized carbons (Fsp3) is 0.125. The first-order valence-electron chi connectivity index (χ1n) is 9.55. The maximum absolute atomic E-state index is 12.9. The Kier molecular flexibility index (Phi) is 5.45. The van der Waals surface area contributed by atoms with Crippen molar-refractivity contribution in [2.75, 3.05) is 0 Å². The molecule has 3 aromatic carbocycles. The quantitative estimate of drug-likeness (QED) is 0.436. The molecule has 0 aliphatic heterocycles. The predicted molar refractivity (Wildman–Crippen MR) is 123 cm³/mol. The summed E-state index contributed by atoms with van der Waals surface area (Å²) in [7, 11) is -1.95. The van der Waals surface area contributed by atoms with Crippen molar-refractivity contribution in [3.63, 3.8) is 0 Å². The first kappa shape index (κ1) is 20.3. The molecule has 0 aliphatic rings. The van der Waals surface area contributed by atoms with E-state index in [4.69, 9.17) is 0 Å². The largest absolute Gasteiger partial charge is 0.318 e. The van der Waals surface area contributed by atoms with Gasteiger partial charge >= 0.3 is 0 Å². The van der Waals surface area contributed by atoms with E-state index in [9.17, 15) is 8.42 Å². The van der Waals surface area contributed by atoms with Crippen molar-refractivity contribution in [3.05, 3.63) is 94.8 Å². The normalized spacial score (nSPS) is 12.3. The van der Waals surface area contributed by atoms with Crippen LogP contribution in [-0.2, 0) is 17.1 Å². The fourth-order valence-electron chi connectivity index (χ4n) is 3.22. The molecule has 30 heavy (non-hydrogen) atoms. The van der Waals surface area contributed by atoms with Crippen LogP contribution in [0.1, 0.15) is 11.1 Å². The van der Waals surface area contributed by atoms with Crippen molar-refractivity contribution in [1.82, 2.24) is 4.57 Å². The van der Waals surface area contributed by atoms with Crippen molar-refractivity contribution in [3.8, 4) is 21.7 Å². The highest BCUT2D eigenvalue weighted by Crippen LogP contribution is 2.34. The summed E-state index contributed by atoms with van der Waals surface area (Å²) in [5.74, 6) is 0. The molecule has 1 heterocycles. The Morgan fingerprint density at radius 2 is 1.33 bits per heavy atom. The molecule has 0 bridgehead atoms. The van der Waals surface area contributed by atoms with E-state index in [2.05, 4.69) is 28.7 Å². The molecule has 0 atom stereocenters. The highest BCUT2D eigenvalue weighted by atomic mass is 32.2. The zero-order valence-electron chi connectivity index (χ0n) is 17.0. The van der Waals surface area contributed by atoms with Crippen LogP contribution in [0.3, 0.4) is 0 Å². The van der Waals surface area contributed by atoms with E-state index in [0.717, 1.165) is 27.3 Å². The van der Waals surface area contributed by atoms with Crippen LogP contribution in [-0.4, -0.2) is 13.0 Å². The van der Waals surface area contributed by atoms with Gasteiger partial charge in [0.25, 0.3) is 10.0 Å². The van der Waals surface area contributed by atoms with E-state index in [1.807, 2.05) is 55.8 Å². The maximum Gasteiger partial charge on any atom is 0.285 e. The summed E-state index contributed by atoms with van der Waals surface area (Å²) >= 11 is 1.38. The first-order valence-corrected chi connectivity index (χ1v) is 11.8. The van der Waals surface area contributed by atoms with Gasteiger partial charge in [0.2, 0.25) is 4.80 Å². The molecule has 0 saturated carbocycles. The highest BCUT2D eigenvalue weighted by molar-refractivity contribution is 7.90. The van der Waals surface area contributed by atoms with Crippen molar-refractivity contribution in [2.45, 2.75) is 18.7 Å². The SMILES string of the molecule is Cc1ccc(-c2c(-c3ccccc3)sc(=NS(=O)(=O)c3ccc(C)cc3)n2C)cc1. The van der Waals surface area contributed by atoms with Gasteiger partial charge < -0.3 is 4.57 Å². The average Bonchev–Trinajstić information content (AvgIpc) is 3.05. The second kappa shape index (κ2) is 8.05. The maximum atomic E-state index is 12.9. The van der Waals surface area contributed by atoms with Crippen LogP contribution in [0, 0.1) is 13.8 Å². The standard InChI is InChI=1S/C24H22N2O2S2/c1-17-9-13-19(14-10-17)22-23(20-7-5-4-6-8-20)29-24(26(22)3)25-30(27,28)21-15-11-18(2)12-16-21/h4-16H,1-3H3. The Morgan fingerprint density at radius 3 is 1.93 bits per heavy atom. The van der Waals surface area contributed by atoms with Gasteiger partial charge in [-0.15, -0.1) is 4.40 Å². The van der Waals surface area contributed by atoms with Gasteiger partial charge in [-0.25, -0.2) is 0 Å².